The summed E-state index contributed by atoms with van der Waals surface area (Å²) < 4.78 is 27.1. The maximum absolute atomic E-state index is 12.2. The van der Waals surface area contributed by atoms with Crippen molar-refractivity contribution in [1.29, 1.82) is 0 Å². The van der Waals surface area contributed by atoms with E-state index in [0.717, 1.165) is 24.8 Å². The Labute approximate surface area is 109 Å². The van der Waals surface area contributed by atoms with Crippen LogP contribution in [0.1, 0.15) is 31.7 Å². The van der Waals surface area contributed by atoms with E-state index in [0.29, 0.717) is 17.4 Å². The molecule has 1 aromatic carbocycles. The van der Waals surface area contributed by atoms with Crippen molar-refractivity contribution in [2.45, 2.75) is 43.7 Å². The highest BCUT2D eigenvalue weighted by Crippen LogP contribution is 2.26. The third-order valence-corrected chi connectivity index (χ3v) is 5.02. The standard InChI is InChI=1S/C13H20N2O2S/c1-10-2-5-12(8-10)15-18(16,17)13-6-3-11(9-14)4-7-13/h3-4,6-7,10,12,15H,2,5,8-9,14H2,1H3. The van der Waals surface area contributed by atoms with Crippen LogP contribution in [-0.4, -0.2) is 14.5 Å². The van der Waals surface area contributed by atoms with Crippen LogP contribution in [0.4, 0.5) is 0 Å². The monoisotopic (exact) mass is 268 g/mol. The number of rotatable bonds is 4. The van der Waals surface area contributed by atoms with Crippen LogP contribution in [0, 0.1) is 5.92 Å². The minimum atomic E-state index is -3.38. The molecule has 1 saturated carbocycles. The van der Waals surface area contributed by atoms with Gasteiger partial charge in [0.1, 0.15) is 0 Å². The van der Waals surface area contributed by atoms with Gasteiger partial charge >= 0.3 is 0 Å². The fraction of sp³-hybridized carbons (Fsp3) is 0.538. The second-order valence-corrected chi connectivity index (χ2v) is 6.80. The van der Waals surface area contributed by atoms with Crippen molar-refractivity contribution in [3.63, 3.8) is 0 Å². The molecule has 0 radical (unpaired) electrons. The molecule has 2 rings (SSSR count). The lowest BCUT2D eigenvalue weighted by molar-refractivity contribution is 0.538. The topological polar surface area (TPSA) is 72.2 Å². The van der Waals surface area contributed by atoms with Crippen molar-refractivity contribution in [1.82, 2.24) is 4.72 Å². The number of hydrogen-bond acceptors (Lipinski definition) is 3. The maximum atomic E-state index is 12.2. The van der Waals surface area contributed by atoms with Gasteiger partial charge in [0.25, 0.3) is 0 Å². The molecular weight excluding hydrogens is 248 g/mol. The van der Waals surface area contributed by atoms with Crippen molar-refractivity contribution < 1.29 is 8.42 Å². The molecule has 1 aliphatic carbocycles. The molecule has 0 spiro atoms. The van der Waals surface area contributed by atoms with Crippen LogP contribution < -0.4 is 10.5 Å². The molecule has 0 heterocycles. The predicted molar refractivity (Wildman–Crippen MR) is 71.5 cm³/mol. The zero-order valence-electron chi connectivity index (χ0n) is 10.6. The first kappa shape index (κ1) is 13.5. The lowest BCUT2D eigenvalue weighted by Gasteiger charge is -2.13. The van der Waals surface area contributed by atoms with Crippen LogP contribution in [0.15, 0.2) is 29.2 Å². The Balaban J connectivity index is 2.10. The first-order valence-corrected chi connectivity index (χ1v) is 7.81. The molecule has 0 amide bonds. The zero-order chi connectivity index (χ0) is 13.2. The van der Waals surface area contributed by atoms with Crippen LogP contribution in [0.5, 0.6) is 0 Å². The molecular formula is C13H20N2O2S. The number of nitrogens with two attached hydrogens (primary N) is 1. The summed E-state index contributed by atoms with van der Waals surface area (Å²) in [4.78, 5) is 0.319. The molecule has 100 valence electrons. The Morgan fingerprint density at radius 2 is 1.94 bits per heavy atom. The molecule has 0 bridgehead atoms. The van der Waals surface area contributed by atoms with Crippen LogP contribution >= 0.6 is 0 Å². The molecule has 0 aliphatic heterocycles. The molecule has 1 fully saturated rings. The van der Waals surface area contributed by atoms with Gasteiger partial charge in [-0.05, 0) is 42.9 Å². The summed E-state index contributed by atoms with van der Waals surface area (Å²) in [6.45, 7) is 2.58. The summed E-state index contributed by atoms with van der Waals surface area (Å²) >= 11 is 0. The van der Waals surface area contributed by atoms with Crippen molar-refractivity contribution in [2.75, 3.05) is 0 Å². The van der Waals surface area contributed by atoms with Gasteiger partial charge in [-0.3, -0.25) is 0 Å². The summed E-state index contributed by atoms with van der Waals surface area (Å²) in [5.41, 5.74) is 6.42. The minimum absolute atomic E-state index is 0.0826. The average molecular weight is 268 g/mol. The van der Waals surface area contributed by atoms with Crippen molar-refractivity contribution in [2.24, 2.45) is 11.7 Å². The maximum Gasteiger partial charge on any atom is 0.240 e. The van der Waals surface area contributed by atoms with Crippen LogP contribution in [0.3, 0.4) is 0 Å². The first-order chi connectivity index (χ1) is 8.51. The van der Waals surface area contributed by atoms with Gasteiger partial charge in [-0.2, -0.15) is 0 Å². The molecule has 18 heavy (non-hydrogen) atoms. The van der Waals surface area contributed by atoms with Crippen molar-refractivity contribution >= 4 is 10.0 Å². The summed E-state index contributed by atoms with van der Waals surface area (Å²) in [6, 6.07) is 6.82. The van der Waals surface area contributed by atoms with E-state index in [9.17, 15) is 8.42 Å². The normalized spacial score (nSPS) is 24.3. The van der Waals surface area contributed by atoms with Gasteiger partial charge in [0, 0.05) is 12.6 Å². The van der Waals surface area contributed by atoms with Crippen LogP contribution in [-0.2, 0) is 16.6 Å². The van der Waals surface area contributed by atoms with E-state index in [1.165, 1.54) is 0 Å². The summed E-state index contributed by atoms with van der Waals surface area (Å²) in [7, 11) is -3.38. The quantitative estimate of drug-likeness (QED) is 0.871. The minimum Gasteiger partial charge on any atom is -0.326 e. The number of hydrogen-bond donors (Lipinski definition) is 2. The van der Waals surface area contributed by atoms with Gasteiger partial charge in [0.15, 0.2) is 0 Å². The molecule has 3 N–H and O–H groups in total. The van der Waals surface area contributed by atoms with Crippen LogP contribution in [0.2, 0.25) is 0 Å². The highest BCUT2D eigenvalue weighted by Gasteiger charge is 2.26. The van der Waals surface area contributed by atoms with E-state index in [2.05, 4.69) is 11.6 Å². The second-order valence-electron chi connectivity index (χ2n) is 5.08. The van der Waals surface area contributed by atoms with E-state index < -0.39 is 10.0 Å². The number of nitrogens with one attached hydrogen (secondary N) is 1. The molecule has 5 heteroatoms. The summed E-state index contributed by atoms with van der Waals surface area (Å²) in [5, 5.41) is 0. The first-order valence-electron chi connectivity index (χ1n) is 6.32. The van der Waals surface area contributed by atoms with Crippen molar-refractivity contribution in [3.8, 4) is 0 Å². The highest BCUT2D eigenvalue weighted by atomic mass is 32.2. The Morgan fingerprint density at radius 3 is 2.44 bits per heavy atom. The second kappa shape index (κ2) is 5.38. The number of sulfonamides is 1. The van der Waals surface area contributed by atoms with Gasteiger partial charge in [0.2, 0.25) is 10.0 Å². The smallest absolute Gasteiger partial charge is 0.240 e. The van der Waals surface area contributed by atoms with Gasteiger partial charge in [-0.1, -0.05) is 19.1 Å². The van der Waals surface area contributed by atoms with E-state index in [1.807, 2.05) is 0 Å². The fourth-order valence-electron chi connectivity index (χ4n) is 2.41. The van der Waals surface area contributed by atoms with E-state index in [-0.39, 0.29) is 6.04 Å². The highest BCUT2D eigenvalue weighted by molar-refractivity contribution is 7.89. The average Bonchev–Trinajstić information content (AvgIpc) is 2.74. The van der Waals surface area contributed by atoms with Gasteiger partial charge in [-0.25, -0.2) is 13.1 Å². The van der Waals surface area contributed by atoms with Crippen LogP contribution in [0.25, 0.3) is 0 Å². The molecule has 1 aromatic rings. The zero-order valence-corrected chi connectivity index (χ0v) is 11.4. The van der Waals surface area contributed by atoms with E-state index in [4.69, 9.17) is 5.73 Å². The Kier molecular flexibility index (Phi) is 4.04. The summed E-state index contributed by atoms with van der Waals surface area (Å²) in [5.74, 6) is 0.609. The predicted octanol–water partition coefficient (Wildman–Crippen LogP) is 1.61. The lowest BCUT2D eigenvalue weighted by Crippen LogP contribution is -2.32. The SMILES string of the molecule is CC1CCC(NS(=O)(=O)c2ccc(CN)cc2)C1. The van der Waals surface area contributed by atoms with Gasteiger partial charge in [-0.15, -0.1) is 0 Å². The largest absolute Gasteiger partial charge is 0.326 e. The number of benzene rings is 1. The third-order valence-electron chi connectivity index (χ3n) is 3.49. The van der Waals surface area contributed by atoms with E-state index in [1.54, 1.807) is 24.3 Å². The van der Waals surface area contributed by atoms with Gasteiger partial charge < -0.3 is 5.73 Å². The molecule has 2 unspecified atom stereocenters. The molecule has 0 aromatic heterocycles. The fourth-order valence-corrected chi connectivity index (χ4v) is 3.69. The van der Waals surface area contributed by atoms with Crippen molar-refractivity contribution in [3.05, 3.63) is 29.8 Å². The van der Waals surface area contributed by atoms with E-state index >= 15 is 0 Å². The summed E-state index contributed by atoms with van der Waals surface area (Å²) in [6.07, 6.45) is 2.96. The Morgan fingerprint density at radius 1 is 1.28 bits per heavy atom. The van der Waals surface area contributed by atoms with Gasteiger partial charge in [0.05, 0.1) is 4.90 Å². The Hall–Kier alpha value is -0.910. The molecule has 0 saturated heterocycles. The lowest BCUT2D eigenvalue weighted by atomic mass is 10.1. The Bertz CT molecular complexity index is 496. The third kappa shape index (κ3) is 3.10. The molecule has 4 nitrogen and oxygen atoms in total. The molecule has 2 atom stereocenters. The molecule has 1 aliphatic rings.